The highest BCUT2D eigenvalue weighted by molar-refractivity contribution is 5.82. The van der Waals surface area contributed by atoms with Gasteiger partial charge in [-0.3, -0.25) is 14.4 Å². The van der Waals surface area contributed by atoms with Gasteiger partial charge in [0.05, 0.1) is 18.4 Å². The SMILES string of the molecule is CC(=O)N1C=Cc2ccccc2C1CC(=O)N1CCC(C(=O)O)C1. The molecule has 2 unspecified atom stereocenters. The molecule has 2 aliphatic heterocycles. The third-order valence-electron chi connectivity index (χ3n) is 4.73. The van der Waals surface area contributed by atoms with Crippen molar-refractivity contribution in [3.63, 3.8) is 0 Å². The number of carboxylic acids is 1. The second-order valence-corrected chi connectivity index (χ2v) is 6.25. The molecule has 2 heterocycles. The highest BCUT2D eigenvalue weighted by atomic mass is 16.4. The first-order valence-corrected chi connectivity index (χ1v) is 8.04. The van der Waals surface area contributed by atoms with Crippen LogP contribution in [0.1, 0.15) is 36.9 Å². The molecular formula is C18H20N2O4. The lowest BCUT2D eigenvalue weighted by atomic mass is 9.93. The number of likely N-dealkylation sites (tertiary alicyclic amines) is 1. The number of hydrogen-bond acceptors (Lipinski definition) is 3. The molecule has 126 valence electrons. The maximum atomic E-state index is 12.6. The van der Waals surface area contributed by atoms with Gasteiger partial charge in [0, 0.05) is 26.2 Å². The second-order valence-electron chi connectivity index (χ2n) is 6.25. The minimum absolute atomic E-state index is 0.111. The normalized spacial score (nSPS) is 22.4. The lowest BCUT2D eigenvalue weighted by molar-refractivity contribution is -0.141. The van der Waals surface area contributed by atoms with E-state index in [0.717, 1.165) is 11.1 Å². The highest BCUT2D eigenvalue weighted by Crippen LogP contribution is 2.33. The Kier molecular flexibility index (Phi) is 4.38. The summed E-state index contributed by atoms with van der Waals surface area (Å²) in [4.78, 5) is 38.8. The van der Waals surface area contributed by atoms with Crippen LogP contribution >= 0.6 is 0 Å². The molecule has 1 aromatic carbocycles. The van der Waals surface area contributed by atoms with Crippen LogP contribution in [-0.2, 0) is 14.4 Å². The van der Waals surface area contributed by atoms with Gasteiger partial charge in [-0.2, -0.15) is 0 Å². The van der Waals surface area contributed by atoms with Crippen LogP contribution in [0, 0.1) is 5.92 Å². The molecule has 24 heavy (non-hydrogen) atoms. The molecule has 2 aliphatic rings. The minimum Gasteiger partial charge on any atom is -0.481 e. The average molecular weight is 328 g/mol. The average Bonchev–Trinajstić information content (AvgIpc) is 3.05. The number of carbonyl (C=O) groups is 3. The van der Waals surface area contributed by atoms with Gasteiger partial charge in [0.25, 0.3) is 0 Å². The fourth-order valence-corrected chi connectivity index (χ4v) is 3.40. The summed E-state index contributed by atoms with van der Waals surface area (Å²) in [6.45, 7) is 2.19. The van der Waals surface area contributed by atoms with Crippen LogP contribution in [0.3, 0.4) is 0 Å². The van der Waals surface area contributed by atoms with Crippen molar-refractivity contribution < 1.29 is 19.5 Å². The zero-order chi connectivity index (χ0) is 17.3. The third-order valence-corrected chi connectivity index (χ3v) is 4.73. The molecule has 0 spiro atoms. The Bertz CT molecular complexity index is 713. The number of amides is 2. The van der Waals surface area contributed by atoms with Crippen LogP contribution in [0.2, 0.25) is 0 Å². The Labute approximate surface area is 140 Å². The topological polar surface area (TPSA) is 77.9 Å². The van der Waals surface area contributed by atoms with Crippen LogP contribution in [-0.4, -0.2) is 45.8 Å². The zero-order valence-electron chi connectivity index (χ0n) is 13.5. The quantitative estimate of drug-likeness (QED) is 0.919. The van der Waals surface area contributed by atoms with Crippen LogP contribution in [0.4, 0.5) is 0 Å². The van der Waals surface area contributed by atoms with Gasteiger partial charge in [-0.1, -0.05) is 24.3 Å². The number of rotatable bonds is 3. The highest BCUT2D eigenvalue weighted by Gasteiger charge is 2.34. The number of carbonyl (C=O) groups excluding carboxylic acids is 2. The van der Waals surface area contributed by atoms with E-state index in [4.69, 9.17) is 5.11 Å². The van der Waals surface area contributed by atoms with Gasteiger partial charge in [-0.05, 0) is 23.6 Å². The van der Waals surface area contributed by atoms with E-state index in [0.29, 0.717) is 13.0 Å². The standard InChI is InChI=1S/C18H20N2O4/c1-12(21)20-9-7-13-4-2-3-5-15(13)16(20)10-17(22)19-8-6-14(11-19)18(23)24/h2-5,7,9,14,16H,6,8,10-11H2,1H3,(H,23,24). The summed E-state index contributed by atoms with van der Waals surface area (Å²) in [6, 6.07) is 7.35. The number of aliphatic carboxylic acids is 1. The molecule has 0 bridgehead atoms. The van der Waals surface area contributed by atoms with Crippen molar-refractivity contribution in [2.24, 2.45) is 5.92 Å². The monoisotopic (exact) mass is 328 g/mol. The van der Waals surface area contributed by atoms with E-state index in [1.165, 1.54) is 6.92 Å². The molecule has 0 saturated carbocycles. The first-order valence-electron chi connectivity index (χ1n) is 8.04. The van der Waals surface area contributed by atoms with Crippen LogP contribution in [0.25, 0.3) is 6.08 Å². The number of benzene rings is 1. The maximum absolute atomic E-state index is 12.6. The van der Waals surface area contributed by atoms with Gasteiger partial charge in [-0.25, -0.2) is 0 Å². The first kappa shape index (κ1) is 16.2. The van der Waals surface area contributed by atoms with Crippen molar-refractivity contribution >= 4 is 23.9 Å². The van der Waals surface area contributed by atoms with Crippen molar-refractivity contribution in [3.05, 3.63) is 41.6 Å². The van der Waals surface area contributed by atoms with Gasteiger partial charge < -0.3 is 14.9 Å². The predicted octanol–water partition coefficient (Wildman–Crippen LogP) is 1.88. The minimum atomic E-state index is -0.860. The molecule has 2 atom stereocenters. The van der Waals surface area contributed by atoms with E-state index in [1.807, 2.05) is 30.3 Å². The van der Waals surface area contributed by atoms with Crippen molar-refractivity contribution in [1.29, 1.82) is 0 Å². The Hall–Kier alpha value is -2.63. The lowest BCUT2D eigenvalue weighted by Crippen LogP contribution is -2.37. The molecule has 0 aromatic heterocycles. The maximum Gasteiger partial charge on any atom is 0.308 e. The van der Waals surface area contributed by atoms with Crippen molar-refractivity contribution in [2.75, 3.05) is 13.1 Å². The lowest BCUT2D eigenvalue weighted by Gasteiger charge is -2.33. The van der Waals surface area contributed by atoms with E-state index in [2.05, 4.69) is 0 Å². The summed E-state index contributed by atoms with van der Waals surface area (Å²) in [7, 11) is 0. The number of nitrogens with zero attached hydrogens (tertiary/aromatic N) is 2. The van der Waals surface area contributed by atoms with Gasteiger partial charge in [0.15, 0.2) is 0 Å². The Morgan fingerprint density at radius 1 is 1.25 bits per heavy atom. The largest absolute Gasteiger partial charge is 0.481 e. The summed E-state index contributed by atoms with van der Waals surface area (Å²) >= 11 is 0. The number of carboxylic acid groups (broad SMARTS) is 1. The molecule has 1 saturated heterocycles. The van der Waals surface area contributed by atoms with Crippen LogP contribution in [0.15, 0.2) is 30.5 Å². The van der Waals surface area contributed by atoms with Crippen LogP contribution in [0.5, 0.6) is 0 Å². The van der Waals surface area contributed by atoms with E-state index >= 15 is 0 Å². The second kappa shape index (κ2) is 6.47. The van der Waals surface area contributed by atoms with Crippen molar-refractivity contribution in [2.45, 2.75) is 25.8 Å². The molecule has 6 nitrogen and oxygen atoms in total. The fraction of sp³-hybridized carbons (Fsp3) is 0.389. The summed E-state index contributed by atoms with van der Waals surface area (Å²) in [5, 5.41) is 9.08. The summed E-state index contributed by atoms with van der Waals surface area (Å²) in [5.41, 5.74) is 1.94. The Balaban J connectivity index is 1.79. The summed E-state index contributed by atoms with van der Waals surface area (Å²) in [6.07, 6.45) is 4.23. The Morgan fingerprint density at radius 2 is 2.00 bits per heavy atom. The molecule has 0 aliphatic carbocycles. The molecule has 3 rings (SSSR count). The van der Waals surface area contributed by atoms with Crippen LogP contribution < -0.4 is 0 Å². The summed E-state index contributed by atoms with van der Waals surface area (Å²) < 4.78 is 0. The number of hydrogen-bond donors (Lipinski definition) is 1. The smallest absolute Gasteiger partial charge is 0.308 e. The molecule has 1 N–H and O–H groups in total. The molecule has 1 fully saturated rings. The first-order chi connectivity index (χ1) is 11.5. The molecular weight excluding hydrogens is 308 g/mol. The van der Waals surface area contributed by atoms with Crippen molar-refractivity contribution in [3.8, 4) is 0 Å². The number of fused-ring (bicyclic) bond motifs is 1. The van der Waals surface area contributed by atoms with Gasteiger partial charge in [0.1, 0.15) is 0 Å². The van der Waals surface area contributed by atoms with E-state index in [1.54, 1.807) is 16.0 Å². The molecule has 1 aromatic rings. The predicted molar refractivity (Wildman–Crippen MR) is 87.7 cm³/mol. The van der Waals surface area contributed by atoms with Gasteiger partial charge in [-0.15, -0.1) is 0 Å². The van der Waals surface area contributed by atoms with E-state index in [-0.39, 0.29) is 30.8 Å². The zero-order valence-corrected chi connectivity index (χ0v) is 13.5. The molecule has 6 heteroatoms. The fourth-order valence-electron chi connectivity index (χ4n) is 3.40. The summed E-state index contributed by atoms with van der Waals surface area (Å²) in [5.74, 6) is -1.58. The molecule has 0 radical (unpaired) electrons. The van der Waals surface area contributed by atoms with Gasteiger partial charge >= 0.3 is 5.97 Å². The van der Waals surface area contributed by atoms with Gasteiger partial charge in [0.2, 0.25) is 11.8 Å². The van der Waals surface area contributed by atoms with Crippen molar-refractivity contribution in [1.82, 2.24) is 9.80 Å². The van der Waals surface area contributed by atoms with E-state index in [9.17, 15) is 14.4 Å². The third kappa shape index (κ3) is 3.04. The van der Waals surface area contributed by atoms with E-state index < -0.39 is 11.9 Å². The molecule has 2 amide bonds. The Morgan fingerprint density at radius 3 is 2.67 bits per heavy atom.